The van der Waals surface area contributed by atoms with Crippen molar-refractivity contribution in [1.29, 1.82) is 0 Å². The normalized spacial score (nSPS) is 12.8. The van der Waals surface area contributed by atoms with Crippen LogP contribution in [0, 0.1) is 0 Å². The average Bonchev–Trinajstić information content (AvgIpc) is 2.73. The van der Waals surface area contributed by atoms with Gasteiger partial charge >= 0.3 is 0 Å². The SMILES string of the molecule is C=CCc1cc(OC)c([C@@H](CO)[C@H](O)c2ccc(OC)c(OC)c2)c(OC)c1. The smallest absolute Gasteiger partial charge is 0.161 e. The molecule has 2 N–H and O–H groups in total. The summed E-state index contributed by atoms with van der Waals surface area (Å²) in [6, 6.07) is 8.87. The summed E-state index contributed by atoms with van der Waals surface area (Å²) in [4.78, 5) is 0. The molecule has 0 saturated carbocycles. The van der Waals surface area contributed by atoms with E-state index in [0.29, 0.717) is 40.5 Å². The van der Waals surface area contributed by atoms with Crippen molar-refractivity contribution in [1.82, 2.24) is 0 Å². The van der Waals surface area contributed by atoms with Gasteiger partial charge in [0.05, 0.1) is 41.2 Å². The predicted molar refractivity (Wildman–Crippen MR) is 108 cm³/mol. The van der Waals surface area contributed by atoms with Gasteiger partial charge in [-0.2, -0.15) is 0 Å². The van der Waals surface area contributed by atoms with E-state index in [2.05, 4.69) is 6.58 Å². The summed E-state index contributed by atoms with van der Waals surface area (Å²) < 4.78 is 21.7. The van der Waals surface area contributed by atoms with Gasteiger partial charge in [-0.05, 0) is 41.8 Å². The van der Waals surface area contributed by atoms with Crippen molar-refractivity contribution in [3.8, 4) is 23.0 Å². The van der Waals surface area contributed by atoms with Gasteiger partial charge in [0.25, 0.3) is 0 Å². The molecule has 2 rings (SSSR count). The van der Waals surface area contributed by atoms with E-state index in [1.54, 1.807) is 45.6 Å². The summed E-state index contributed by atoms with van der Waals surface area (Å²) >= 11 is 0. The quantitative estimate of drug-likeness (QED) is 0.609. The monoisotopic (exact) mass is 388 g/mol. The van der Waals surface area contributed by atoms with Gasteiger partial charge in [-0.3, -0.25) is 0 Å². The summed E-state index contributed by atoms with van der Waals surface area (Å²) in [5.41, 5.74) is 2.14. The third kappa shape index (κ3) is 4.40. The van der Waals surface area contributed by atoms with E-state index < -0.39 is 12.0 Å². The van der Waals surface area contributed by atoms with Crippen LogP contribution in [0.3, 0.4) is 0 Å². The Morgan fingerprint density at radius 3 is 1.93 bits per heavy atom. The molecule has 28 heavy (non-hydrogen) atoms. The molecule has 2 aromatic carbocycles. The zero-order valence-corrected chi connectivity index (χ0v) is 16.8. The lowest BCUT2D eigenvalue weighted by Crippen LogP contribution is -2.17. The molecule has 6 nitrogen and oxygen atoms in total. The van der Waals surface area contributed by atoms with E-state index in [9.17, 15) is 10.2 Å². The van der Waals surface area contributed by atoms with Crippen LogP contribution < -0.4 is 18.9 Å². The second-order valence-corrected chi connectivity index (χ2v) is 6.26. The largest absolute Gasteiger partial charge is 0.496 e. The summed E-state index contributed by atoms with van der Waals surface area (Å²) in [6.45, 7) is 3.45. The van der Waals surface area contributed by atoms with E-state index in [4.69, 9.17) is 18.9 Å². The van der Waals surface area contributed by atoms with Crippen molar-refractivity contribution in [2.24, 2.45) is 0 Å². The Bertz CT molecular complexity index is 777. The first-order valence-electron chi connectivity index (χ1n) is 8.91. The van der Waals surface area contributed by atoms with Crippen LogP contribution in [0.25, 0.3) is 0 Å². The van der Waals surface area contributed by atoms with Crippen LogP contribution in [0.5, 0.6) is 23.0 Å². The molecule has 0 spiro atoms. The average molecular weight is 388 g/mol. The summed E-state index contributed by atoms with van der Waals surface area (Å²) in [5.74, 6) is 1.46. The minimum absolute atomic E-state index is 0.303. The zero-order chi connectivity index (χ0) is 20.7. The Morgan fingerprint density at radius 1 is 0.893 bits per heavy atom. The molecule has 6 heteroatoms. The lowest BCUT2D eigenvalue weighted by atomic mass is 9.87. The van der Waals surface area contributed by atoms with E-state index >= 15 is 0 Å². The van der Waals surface area contributed by atoms with Gasteiger partial charge < -0.3 is 29.2 Å². The molecular formula is C22H28O6. The highest BCUT2D eigenvalue weighted by atomic mass is 16.5. The predicted octanol–water partition coefficient (Wildman–Crippen LogP) is 3.26. The second-order valence-electron chi connectivity index (χ2n) is 6.26. The molecule has 0 saturated heterocycles. The highest BCUT2D eigenvalue weighted by molar-refractivity contribution is 5.52. The maximum Gasteiger partial charge on any atom is 0.161 e. The van der Waals surface area contributed by atoms with Crippen molar-refractivity contribution in [3.63, 3.8) is 0 Å². The Kier molecular flexibility index (Phi) is 7.72. The van der Waals surface area contributed by atoms with Crippen LogP contribution in [0.2, 0.25) is 0 Å². The fourth-order valence-corrected chi connectivity index (χ4v) is 3.26. The molecule has 0 aromatic heterocycles. The molecule has 0 aliphatic carbocycles. The summed E-state index contributed by atoms with van der Waals surface area (Å²) in [6.07, 6.45) is 1.42. The Morgan fingerprint density at radius 2 is 1.46 bits per heavy atom. The maximum atomic E-state index is 11.0. The van der Waals surface area contributed by atoms with Crippen LogP contribution in [-0.2, 0) is 6.42 Å². The van der Waals surface area contributed by atoms with Crippen molar-refractivity contribution >= 4 is 0 Å². The number of methoxy groups -OCH3 is 4. The topological polar surface area (TPSA) is 77.4 Å². The molecular weight excluding hydrogens is 360 g/mol. The molecule has 2 aromatic rings. The lowest BCUT2D eigenvalue weighted by Gasteiger charge is -2.26. The lowest BCUT2D eigenvalue weighted by molar-refractivity contribution is 0.104. The first-order valence-corrected chi connectivity index (χ1v) is 8.91. The highest BCUT2D eigenvalue weighted by Gasteiger charge is 2.29. The fourth-order valence-electron chi connectivity index (χ4n) is 3.26. The van der Waals surface area contributed by atoms with E-state index in [-0.39, 0.29) is 6.61 Å². The summed E-state index contributed by atoms with van der Waals surface area (Å²) in [7, 11) is 6.17. The molecule has 152 valence electrons. The van der Waals surface area contributed by atoms with Crippen LogP contribution in [-0.4, -0.2) is 45.3 Å². The van der Waals surface area contributed by atoms with Crippen molar-refractivity contribution in [3.05, 3.63) is 59.7 Å². The number of aliphatic hydroxyl groups excluding tert-OH is 2. The number of allylic oxidation sites excluding steroid dienone is 1. The standard InChI is InChI=1S/C22H28O6/c1-6-7-14-10-19(27-4)21(20(11-14)28-5)16(13-23)22(24)15-8-9-17(25-2)18(12-15)26-3/h6,8-12,16,22-24H,1,7,13H2,2-5H3/t16-,22-/m1/s1. The molecule has 0 fully saturated rings. The Hall–Kier alpha value is -2.70. The molecule has 0 bridgehead atoms. The minimum Gasteiger partial charge on any atom is -0.496 e. The number of aliphatic hydroxyl groups is 2. The number of hydrogen-bond donors (Lipinski definition) is 2. The van der Waals surface area contributed by atoms with Gasteiger partial charge in [0.15, 0.2) is 11.5 Å². The third-order valence-electron chi connectivity index (χ3n) is 4.68. The van der Waals surface area contributed by atoms with Crippen molar-refractivity contribution in [2.45, 2.75) is 18.4 Å². The maximum absolute atomic E-state index is 11.0. The Balaban J connectivity index is 2.53. The molecule has 0 aliphatic heterocycles. The van der Waals surface area contributed by atoms with Crippen LogP contribution >= 0.6 is 0 Å². The van der Waals surface area contributed by atoms with Gasteiger partial charge in [0.2, 0.25) is 0 Å². The first-order chi connectivity index (χ1) is 13.5. The number of ether oxygens (including phenoxy) is 4. The van der Waals surface area contributed by atoms with Gasteiger partial charge in [0, 0.05) is 11.5 Å². The molecule has 0 unspecified atom stereocenters. The highest BCUT2D eigenvalue weighted by Crippen LogP contribution is 2.43. The van der Waals surface area contributed by atoms with Gasteiger partial charge in [-0.15, -0.1) is 6.58 Å². The van der Waals surface area contributed by atoms with Crippen LogP contribution in [0.4, 0.5) is 0 Å². The molecule has 0 heterocycles. The minimum atomic E-state index is -1.02. The first kappa shape index (κ1) is 21.6. The third-order valence-corrected chi connectivity index (χ3v) is 4.68. The molecule has 0 radical (unpaired) electrons. The van der Waals surface area contributed by atoms with Crippen molar-refractivity contribution < 1.29 is 29.2 Å². The molecule has 0 amide bonds. The van der Waals surface area contributed by atoms with E-state index in [1.165, 1.54) is 7.11 Å². The van der Waals surface area contributed by atoms with E-state index in [0.717, 1.165) is 5.56 Å². The molecule has 2 atom stereocenters. The summed E-state index contributed by atoms with van der Waals surface area (Å²) in [5, 5.41) is 21.2. The van der Waals surface area contributed by atoms with Crippen LogP contribution in [0.1, 0.15) is 28.7 Å². The second kappa shape index (κ2) is 10.0. The Labute approximate surface area is 165 Å². The zero-order valence-electron chi connectivity index (χ0n) is 16.8. The van der Waals surface area contributed by atoms with Gasteiger partial charge in [-0.25, -0.2) is 0 Å². The fraction of sp³-hybridized carbons (Fsp3) is 0.364. The van der Waals surface area contributed by atoms with Crippen LogP contribution in [0.15, 0.2) is 43.0 Å². The van der Waals surface area contributed by atoms with Gasteiger partial charge in [-0.1, -0.05) is 12.1 Å². The molecule has 0 aliphatic rings. The number of rotatable bonds is 10. The number of benzene rings is 2. The van der Waals surface area contributed by atoms with Crippen molar-refractivity contribution in [2.75, 3.05) is 35.0 Å². The number of hydrogen-bond acceptors (Lipinski definition) is 6. The van der Waals surface area contributed by atoms with E-state index in [1.807, 2.05) is 12.1 Å². The van der Waals surface area contributed by atoms with Gasteiger partial charge in [0.1, 0.15) is 11.5 Å².